The Kier molecular flexibility index (Phi) is 41.7. The number of hydrogen-bond donors (Lipinski definition) is 2. The topological polar surface area (TPSA) is 124 Å². The first-order chi connectivity index (χ1) is 50.5. The van der Waals surface area contributed by atoms with Crippen molar-refractivity contribution in [2.45, 2.75) is 454 Å². The molecule has 108 heavy (non-hydrogen) atoms. The summed E-state index contributed by atoms with van der Waals surface area (Å²) in [4.78, 5) is 0. The first-order valence-corrected chi connectivity index (χ1v) is 46.2. The van der Waals surface area contributed by atoms with Crippen LogP contribution in [0.4, 0.5) is 0 Å². The molecule has 10 fully saturated rings. The molecule has 4 atom stereocenters. The second-order valence-corrected chi connectivity index (χ2v) is 41.8. The van der Waals surface area contributed by atoms with E-state index in [-0.39, 0.29) is 31.7 Å². The molecule has 11 nitrogen and oxygen atoms in total. The summed E-state index contributed by atoms with van der Waals surface area (Å²) in [5, 5.41) is 20.4. The van der Waals surface area contributed by atoms with E-state index in [0.717, 1.165) is 131 Å². The Morgan fingerprint density at radius 2 is 0.556 bits per heavy atom. The van der Waals surface area contributed by atoms with E-state index in [4.69, 9.17) is 42.6 Å². The summed E-state index contributed by atoms with van der Waals surface area (Å²) in [5.74, 6) is 9.48. The van der Waals surface area contributed by atoms with Crippen molar-refractivity contribution in [1.82, 2.24) is 0 Å². The summed E-state index contributed by atoms with van der Waals surface area (Å²) in [6.07, 6.45) is 55.8. The molecule has 4 unspecified atom stereocenters. The predicted octanol–water partition coefficient (Wildman–Crippen LogP) is 23.9. The van der Waals surface area contributed by atoms with Crippen LogP contribution in [0.1, 0.15) is 380 Å². The van der Waals surface area contributed by atoms with Gasteiger partial charge in [0.15, 0.2) is 0 Å². The molecule has 0 aromatic carbocycles. The van der Waals surface area contributed by atoms with Crippen LogP contribution in [0.25, 0.3) is 0 Å². The molecule has 10 saturated carbocycles. The van der Waals surface area contributed by atoms with E-state index in [9.17, 15) is 10.2 Å². The summed E-state index contributed by atoms with van der Waals surface area (Å²) >= 11 is 0. The van der Waals surface area contributed by atoms with Crippen molar-refractivity contribution in [3.8, 4) is 0 Å². The molecule has 10 rings (SSSR count). The fourth-order valence-electron chi connectivity index (χ4n) is 23.0. The smallest absolute Gasteiger partial charge is 0.101 e. The van der Waals surface area contributed by atoms with Crippen LogP contribution in [0.5, 0.6) is 0 Å². The van der Waals surface area contributed by atoms with Crippen LogP contribution in [0, 0.1) is 98.1 Å². The Bertz CT molecular complexity index is 2290. The van der Waals surface area contributed by atoms with Crippen molar-refractivity contribution in [3.05, 3.63) is 0 Å². The maximum absolute atomic E-state index is 10.4. The maximum Gasteiger partial charge on any atom is 0.101 e. The van der Waals surface area contributed by atoms with Crippen LogP contribution >= 0.6 is 0 Å². The third kappa shape index (κ3) is 30.3. The van der Waals surface area contributed by atoms with Gasteiger partial charge in [0.1, 0.15) is 6.10 Å². The van der Waals surface area contributed by atoms with Gasteiger partial charge in [-0.05, 0) is 362 Å². The Labute approximate surface area is 673 Å². The van der Waals surface area contributed by atoms with Gasteiger partial charge in [-0.25, -0.2) is 0 Å². The quantitative estimate of drug-likeness (QED) is 0.0626. The number of aliphatic hydroxyl groups excluding tert-OH is 2. The fraction of sp³-hybridized carbons (Fsp3) is 1.00. The third-order valence-corrected chi connectivity index (χ3v) is 32.3. The Hall–Kier alpha value is -0.817. The van der Waals surface area contributed by atoms with Gasteiger partial charge in [0.2, 0.25) is 0 Å². The summed E-state index contributed by atoms with van der Waals surface area (Å²) in [5.41, 5.74) is 2.09. The van der Waals surface area contributed by atoms with E-state index in [1.807, 2.05) is 14.2 Å². The molecule has 0 saturated heterocycles. The van der Waals surface area contributed by atoms with Gasteiger partial charge >= 0.3 is 0 Å². The van der Waals surface area contributed by atoms with Crippen LogP contribution in [-0.2, 0) is 62.1 Å². The summed E-state index contributed by atoms with van der Waals surface area (Å²) in [7, 11) is 3.74. The molecule has 2 N–H and O–H groups in total. The molecule has 0 amide bonds. The first-order valence-electron chi connectivity index (χ1n) is 46.2. The van der Waals surface area contributed by atoms with E-state index in [0.29, 0.717) is 107 Å². The number of hydrogen-bond acceptors (Lipinski definition) is 11. The van der Waals surface area contributed by atoms with Crippen molar-refractivity contribution in [3.63, 3.8) is 0 Å². The maximum atomic E-state index is 10.4. The van der Waals surface area contributed by atoms with Crippen LogP contribution in [0.15, 0.2) is 0 Å². The molecule has 0 aliphatic heterocycles. The van der Waals surface area contributed by atoms with Crippen molar-refractivity contribution in [2.24, 2.45) is 98.1 Å². The van der Waals surface area contributed by atoms with Crippen LogP contribution in [0.3, 0.4) is 0 Å². The molecule has 10 aliphatic carbocycles. The largest absolute Gasteiger partial charge is 0.393 e. The third-order valence-electron chi connectivity index (χ3n) is 32.3. The molecule has 13 heteroatoms. The molecule has 0 spiro atoms. The van der Waals surface area contributed by atoms with Gasteiger partial charge in [0.05, 0.1) is 93.6 Å². The fourth-order valence-corrected chi connectivity index (χ4v) is 23.0. The number of aliphatic hydroxyl groups is 2. The van der Waals surface area contributed by atoms with Crippen molar-refractivity contribution in [1.29, 1.82) is 0 Å². The zero-order valence-corrected chi connectivity index (χ0v) is 81.9. The minimum Gasteiger partial charge on any atom is -0.393 e. The summed E-state index contributed by atoms with van der Waals surface area (Å²) in [6.45, 7) is 43.1. The van der Waals surface area contributed by atoms with Gasteiger partial charge in [0, 0.05) is 52.8 Å². The van der Waals surface area contributed by atoms with Crippen molar-refractivity contribution in [2.75, 3.05) is 53.9 Å². The van der Waals surface area contributed by atoms with E-state index < -0.39 is 6.10 Å². The molecule has 0 aromatic heterocycles. The van der Waals surface area contributed by atoms with Gasteiger partial charge in [-0.1, -0.05) is 110 Å². The van der Waals surface area contributed by atoms with Gasteiger partial charge in [-0.3, -0.25) is 0 Å². The molecular weight excluding hydrogens is 1690 g/mol. The summed E-state index contributed by atoms with van der Waals surface area (Å²) in [6, 6.07) is 0. The number of ether oxygens (including phenoxy) is 9. The zero-order chi connectivity index (χ0) is 76.7. The van der Waals surface area contributed by atoms with Gasteiger partial charge < -0.3 is 52.8 Å². The normalized spacial score (nSPS) is 35.6. The van der Waals surface area contributed by atoms with Crippen LogP contribution in [-0.4, -0.2) is 137 Å². The average molecular weight is 1860 g/mol. The van der Waals surface area contributed by atoms with Crippen molar-refractivity contribution >= 4 is 0 Å². The van der Waals surface area contributed by atoms with Crippen LogP contribution in [0.2, 0.25) is 0 Å². The molecule has 0 aromatic rings. The molecule has 1 radical (unpaired) electrons. The molecular formula is C95H176O11RfRh. The predicted molar refractivity (Wildman–Crippen MR) is 439 cm³/mol. The van der Waals surface area contributed by atoms with Crippen LogP contribution < -0.4 is 0 Å². The Morgan fingerprint density at radius 1 is 0.315 bits per heavy atom. The second-order valence-electron chi connectivity index (χ2n) is 41.8. The summed E-state index contributed by atoms with van der Waals surface area (Å²) < 4.78 is 55.1. The minimum absolute atomic E-state index is 0. The second kappa shape index (κ2) is 46.9. The van der Waals surface area contributed by atoms with E-state index in [2.05, 4.69) is 111 Å². The molecule has 633 valence electrons. The molecule has 0 heterocycles. The van der Waals surface area contributed by atoms with Crippen molar-refractivity contribution < 1.29 is 72.3 Å². The first kappa shape index (κ1) is 96.0. The number of rotatable bonds is 32. The zero-order valence-electron chi connectivity index (χ0n) is 73.9. The van der Waals surface area contributed by atoms with Gasteiger partial charge in [0.25, 0.3) is 0 Å². The molecule has 10 aliphatic rings. The van der Waals surface area contributed by atoms with E-state index >= 15 is 0 Å². The van der Waals surface area contributed by atoms with E-state index in [1.165, 1.54) is 225 Å². The van der Waals surface area contributed by atoms with Gasteiger partial charge in [-0.15, -0.1) is 0 Å². The van der Waals surface area contributed by atoms with E-state index in [1.54, 1.807) is 0 Å². The monoisotopic (exact) mass is 1860 g/mol. The minimum atomic E-state index is -0.504. The standard InChI is InChI=1S/C39H72O4.C29H54O4.C27H50O3.Rf.Rh/c1-8-28(2)27-42-36-21-13-32(14-22-36)39(6,7)33-15-23-37(24-16-33)43-29(3)25-26-41-35-19-11-31(12-20-35)38(4,5)30-9-17-34(40)18-10-30;1-28(2,3)21-7-15-26(16-8-21)32-19-24(30)20-33-27-17-11-23(12-18-27)29(4,5)22-9-13-25(31-6)14-10-22;1-20-6-12-25(13-7-20)29-18-21(2)19-30-26-16-10-23(11-17-26)27(3,4)22-8-14-24(28-5)15-9-22;;/h28-37,40H,8-27H2,1-7H3;21-27,30H,7-20H2,1-6H3;20-26H,6-19H2,1-5H3;;. The van der Waals surface area contributed by atoms with Gasteiger partial charge in [-0.2, -0.15) is 0 Å². The Balaban J connectivity index is 0.000000256. The number of methoxy groups -OCH3 is 2. The SMILES string of the molecule is CCC(C)COC1CCC(C(C)(C)C2CCC(OC(C)CCOC3CCC(C(C)(C)C4CCC(O)CC4)CC3)CC2)CC1.COC1CCC(C(C)(C)C2CCC(OCC(C)COC3CCC(C)CC3)CC2)CC1.COC1CCC(C(C)(C)C2CCC(OCC(O)COC3CCC(C(C)(C)C)CC3)CC2)CC1.[Rf].[Rh]. The Morgan fingerprint density at radius 3 is 0.843 bits per heavy atom. The molecule has 0 bridgehead atoms. The average Bonchev–Trinajstić information content (AvgIpc) is 0.819.